The molecular formula is C11H10BrNOS. The van der Waals surface area contributed by atoms with Gasteiger partial charge in [0.05, 0.1) is 17.0 Å². The third-order valence-electron chi connectivity index (χ3n) is 1.93. The van der Waals surface area contributed by atoms with Crippen LogP contribution in [0, 0.1) is 6.92 Å². The highest BCUT2D eigenvalue weighted by Gasteiger charge is 2.03. The highest BCUT2D eigenvalue weighted by Crippen LogP contribution is 2.25. The maximum Gasteiger partial charge on any atom is 0.114 e. The van der Waals surface area contributed by atoms with Crippen molar-refractivity contribution in [1.82, 2.24) is 4.98 Å². The van der Waals surface area contributed by atoms with E-state index in [9.17, 15) is 0 Å². The quantitative estimate of drug-likeness (QED) is 0.796. The molecule has 2 rings (SSSR count). The lowest BCUT2D eigenvalue weighted by molar-refractivity contribution is 0.530. The average molecular weight is 284 g/mol. The Morgan fingerprint density at radius 3 is 3.07 bits per heavy atom. The number of nitrogens with zero attached hydrogens (tertiary/aromatic N) is 1. The van der Waals surface area contributed by atoms with Gasteiger partial charge >= 0.3 is 0 Å². The first-order valence-electron chi connectivity index (χ1n) is 4.53. The lowest BCUT2D eigenvalue weighted by Gasteiger charge is -2.03. The van der Waals surface area contributed by atoms with Gasteiger partial charge in [-0.3, -0.25) is 0 Å². The molecule has 4 heteroatoms. The van der Waals surface area contributed by atoms with E-state index in [1.807, 2.05) is 18.3 Å². The first kappa shape index (κ1) is 10.8. The van der Waals surface area contributed by atoms with Crippen LogP contribution in [0.1, 0.15) is 11.3 Å². The number of thioether (sulfide) groups is 1. The second kappa shape index (κ2) is 4.86. The molecule has 0 bridgehead atoms. The highest BCUT2D eigenvalue weighted by atomic mass is 79.9. The monoisotopic (exact) mass is 283 g/mol. The fourth-order valence-electron chi connectivity index (χ4n) is 1.21. The molecule has 2 heterocycles. The second-order valence-corrected chi connectivity index (χ2v) is 5.02. The van der Waals surface area contributed by atoms with Gasteiger partial charge < -0.3 is 4.42 Å². The Morgan fingerprint density at radius 1 is 1.53 bits per heavy atom. The number of pyridine rings is 1. The third-order valence-corrected chi connectivity index (χ3v) is 3.49. The molecular weight excluding hydrogens is 274 g/mol. The van der Waals surface area contributed by atoms with E-state index in [-0.39, 0.29) is 0 Å². The molecule has 0 aliphatic carbocycles. The summed E-state index contributed by atoms with van der Waals surface area (Å²) in [7, 11) is 0. The molecule has 0 radical (unpaired) electrons. The van der Waals surface area contributed by atoms with Gasteiger partial charge in [0.2, 0.25) is 0 Å². The fraction of sp³-hybridized carbons (Fsp3) is 0.182. The summed E-state index contributed by atoms with van der Waals surface area (Å²) in [4.78, 5) is 4.35. The van der Waals surface area contributed by atoms with Crippen molar-refractivity contribution in [2.45, 2.75) is 17.7 Å². The molecule has 0 saturated heterocycles. The Morgan fingerprint density at radius 2 is 2.40 bits per heavy atom. The summed E-state index contributed by atoms with van der Waals surface area (Å²) in [6, 6.07) is 5.94. The maximum absolute atomic E-state index is 5.26. The van der Waals surface area contributed by atoms with Gasteiger partial charge in [-0.2, -0.15) is 0 Å². The van der Waals surface area contributed by atoms with Crippen LogP contribution in [-0.4, -0.2) is 4.98 Å². The molecule has 2 aromatic heterocycles. The summed E-state index contributed by atoms with van der Waals surface area (Å²) in [6.45, 7) is 2.06. The van der Waals surface area contributed by atoms with Crippen LogP contribution < -0.4 is 0 Å². The van der Waals surface area contributed by atoms with Gasteiger partial charge in [-0.15, -0.1) is 0 Å². The van der Waals surface area contributed by atoms with E-state index in [0.29, 0.717) is 0 Å². The molecule has 0 aromatic carbocycles. The molecule has 78 valence electrons. The molecule has 0 amide bonds. The van der Waals surface area contributed by atoms with Crippen LogP contribution in [-0.2, 0) is 5.75 Å². The van der Waals surface area contributed by atoms with E-state index in [1.165, 1.54) is 5.56 Å². The molecule has 2 nitrogen and oxygen atoms in total. The first-order chi connectivity index (χ1) is 7.25. The van der Waals surface area contributed by atoms with Crippen LogP contribution in [0.4, 0.5) is 0 Å². The molecule has 0 saturated carbocycles. The predicted octanol–water partition coefficient (Wildman–Crippen LogP) is 4.04. The van der Waals surface area contributed by atoms with Crippen LogP contribution in [0.5, 0.6) is 0 Å². The van der Waals surface area contributed by atoms with Crippen molar-refractivity contribution in [3.05, 3.63) is 46.5 Å². The number of aromatic nitrogens is 1. The zero-order valence-electron chi connectivity index (χ0n) is 8.24. The number of hydrogen-bond donors (Lipinski definition) is 0. The molecule has 15 heavy (non-hydrogen) atoms. The van der Waals surface area contributed by atoms with Crippen molar-refractivity contribution in [2.24, 2.45) is 0 Å². The summed E-state index contributed by atoms with van der Waals surface area (Å²) in [5, 5.41) is 1.05. The molecule has 0 unspecified atom stereocenters. The minimum atomic E-state index is 0.822. The van der Waals surface area contributed by atoms with Crippen LogP contribution in [0.25, 0.3) is 0 Å². The second-order valence-electron chi connectivity index (χ2n) is 3.14. The minimum Gasteiger partial charge on any atom is -0.468 e. The zero-order chi connectivity index (χ0) is 10.7. The van der Waals surface area contributed by atoms with Gasteiger partial charge in [0, 0.05) is 10.7 Å². The highest BCUT2D eigenvalue weighted by molar-refractivity contribution is 9.10. The zero-order valence-corrected chi connectivity index (χ0v) is 10.6. The smallest absolute Gasteiger partial charge is 0.114 e. The Hall–Kier alpha value is -0.740. The lowest BCUT2D eigenvalue weighted by atomic mass is 10.3. The molecule has 0 spiro atoms. The van der Waals surface area contributed by atoms with Crippen molar-refractivity contribution in [1.29, 1.82) is 0 Å². The van der Waals surface area contributed by atoms with Gasteiger partial charge in [-0.1, -0.05) is 11.8 Å². The molecule has 0 fully saturated rings. The van der Waals surface area contributed by atoms with Crippen molar-refractivity contribution in [3.63, 3.8) is 0 Å². The molecule has 0 aliphatic rings. The third kappa shape index (κ3) is 2.86. The van der Waals surface area contributed by atoms with Gasteiger partial charge in [0.25, 0.3) is 0 Å². The Balaban J connectivity index is 2.05. The fourth-order valence-corrected chi connectivity index (χ4v) is 2.52. The van der Waals surface area contributed by atoms with E-state index >= 15 is 0 Å². The lowest BCUT2D eigenvalue weighted by Crippen LogP contribution is -1.86. The van der Waals surface area contributed by atoms with Gasteiger partial charge in [-0.05, 0) is 46.6 Å². The Labute approximate surface area is 101 Å². The number of aryl methyl sites for hydroxylation is 1. The summed E-state index contributed by atoms with van der Waals surface area (Å²) < 4.78 is 6.28. The molecule has 0 aliphatic heterocycles. The molecule has 0 N–H and O–H groups in total. The average Bonchev–Trinajstić information content (AvgIpc) is 2.69. The Kier molecular flexibility index (Phi) is 3.49. The van der Waals surface area contributed by atoms with E-state index < -0.39 is 0 Å². The van der Waals surface area contributed by atoms with Gasteiger partial charge in [-0.25, -0.2) is 4.98 Å². The number of furan rings is 1. The van der Waals surface area contributed by atoms with Crippen molar-refractivity contribution >= 4 is 27.7 Å². The van der Waals surface area contributed by atoms with Gasteiger partial charge in [0.1, 0.15) is 5.76 Å². The maximum atomic E-state index is 5.26. The van der Waals surface area contributed by atoms with Crippen molar-refractivity contribution in [2.75, 3.05) is 0 Å². The number of rotatable bonds is 3. The summed E-state index contributed by atoms with van der Waals surface area (Å²) in [5.41, 5.74) is 1.18. The van der Waals surface area contributed by atoms with E-state index in [2.05, 4.69) is 33.9 Å². The molecule has 2 aromatic rings. The largest absolute Gasteiger partial charge is 0.468 e. The topological polar surface area (TPSA) is 26.0 Å². The summed E-state index contributed by atoms with van der Waals surface area (Å²) in [6.07, 6.45) is 3.51. The summed E-state index contributed by atoms with van der Waals surface area (Å²) in [5.74, 6) is 1.80. The van der Waals surface area contributed by atoms with E-state index in [0.717, 1.165) is 21.0 Å². The Bertz CT molecular complexity index is 442. The molecule has 0 atom stereocenters. The predicted molar refractivity (Wildman–Crippen MR) is 64.9 cm³/mol. The van der Waals surface area contributed by atoms with Crippen LogP contribution >= 0.6 is 27.7 Å². The number of hydrogen-bond acceptors (Lipinski definition) is 3. The number of halogens is 1. The SMILES string of the molecule is Cc1cc(Br)cnc1SCc1ccco1. The standard InChI is InChI=1S/C11H10BrNOS/c1-8-5-9(12)6-13-11(8)15-7-10-3-2-4-14-10/h2-6H,7H2,1H3. The summed E-state index contributed by atoms with van der Waals surface area (Å²) >= 11 is 5.08. The van der Waals surface area contributed by atoms with E-state index in [4.69, 9.17) is 4.42 Å². The van der Waals surface area contributed by atoms with Crippen LogP contribution in [0.2, 0.25) is 0 Å². The van der Waals surface area contributed by atoms with Crippen molar-refractivity contribution < 1.29 is 4.42 Å². The minimum absolute atomic E-state index is 0.822. The van der Waals surface area contributed by atoms with E-state index in [1.54, 1.807) is 18.0 Å². The first-order valence-corrected chi connectivity index (χ1v) is 6.31. The van der Waals surface area contributed by atoms with Gasteiger partial charge in [0.15, 0.2) is 0 Å². The normalized spacial score (nSPS) is 10.5. The van der Waals surface area contributed by atoms with Crippen molar-refractivity contribution in [3.8, 4) is 0 Å². The van der Waals surface area contributed by atoms with Crippen LogP contribution in [0.3, 0.4) is 0 Å². The van der Waals surface area contributed by atoms with Crippen LogP contribution in [0.15, 0.2) is 44.6 Å².